The Morgan fingerprint density at radius 3 is 2.72 bits per heavy atom. The smallest absolute Gasteiger partial charge is 0.194 e. The summed E-state index contributed by atoms with van der Waals surface area (Å²) in [4.78, 5) is 10.9. The molecule has 0 bridgehead atoms. The molecule has 2 atom stereocenters. The largest absolute Gasteiger partial charge is 0.386 e. The van der Waals surface area contributed by atoms with Crippen LogP contribution in [0.3, 0.4) is 0 Å². The number of aliphatic hydroxyl groups is 1. The minimum atomic E-state index is -0.618. The molecule has 2 aliphatic rings. The second-order valence-corrected chi connectivity index (χ2v) is 7.50. The summed E-state index contributed by atoms with van der Waals surface area (Å²) in [6, 6.07) is 3.65. The fourth-order valence-corrected chi connectivity index (χ4v) is 3.71. The Bertz CT molecular complexity index is 591. The van der Waals surface area contributed by atoms with Gasteiger partial charge in [0.1, 0.15) is 0 Å². The summed E-state index contributed by atoms with van der Waals surface area (Å²) < 4.78 is 11.9. The van der Waals surface area contributed by atoms with Crippen molar-refractivity contribution >= 4 is 29.9 Å². The number of ether oxygens (including phenoxy) is 2. The van der Waals surface area contributed by atoms with Gasteiger partial charge in [-0.25, -0.2) is 0 Å². The summed E-state index contributed by atoms with van der Waals surface area (Å²) in [6.45, 7) is 6.62. The lowest BCUT2D eigenvalue weighted by atomic mass is 10.1. The van der Waals surface area contributed by atoms with Gasteiger partial charge in [0.25, 0.3) is 0 Å². The van der Waals surface area contributed by atoms with E-state index in [9.17, 15) is 5.11 Å². The summed E-state index contributed by atoms with van der Waals surface area (Å²) >= 11 is 0. The van der Waals surface area contributed by atoms with E-state index < -0.39 is 6.10 Å². The minimum Gasteiger partial charge on any atom is -0.386 e. The maximum atomic E-state index is 10.4. The van der Waals surface area contributed by atoms with Crippen LogP contribution in [-0.4, -0.2) is 72.6 Å². The molecular weight excluding hydrogens is 483 g/mol. The normalized spacial score (nSPS) is 22.1. The maximum Gasteiger partial charge on any atom is 0.194 e. The van der Waals surface area contributed by atoms with Crippen molar-refractivity contribution in [1.82, 2.24) is 15.2 Å². The van der Waals surface area contributed by atoms with Crippen LogP contribution in [0, 0.1) is 0 Å². The molecule has 1 aromatic rings. The van der Waals surface area contributed by atoms with Gasteiger partial charge in [-0.15, -0.1) is 24.0 Å². The van der Waals surface area contributed by atoms with Crippen LogP contribution in [0.25, 0.3) is 0 Å². The first-order chi connectivity index (χ1) is 13.8. The van der Waals surface area contributed by atoms with Crippen molar-refractivity contribution in [2.24, 2.45) is 4.99 Å². The van der Waals surface area contributed by atoms with Gasteiger partial charge in [-0.3, -0.25) is 9.98 Å². The van der Waals surface area contributed by atoms with Gasteiger partial charge in [0.15, 0.2) is 5.96 Å². The van der Waals surface area contributed by atoms with Crippen LogP contribution in [0.1, 0.15) is 50.7 Å². The van der Waals surface area contributed by atoms with Gasteiger partial charge in [-0.2, -0.15) is 0 Å². The van der Waals surface area contributed by atoms with E-state index in [4.69, 9.17) is 9.47 Å². The van der Waals surface area contributed by atoms with Gasteiger partial charge >= 0.3 is 0 Å². The van der Waals surface area contributed by atoms with Crippen LogP contribution < -0.4 is 5.32 Å². The molecule has 0 radical (unpaired) electrons. The molecule has 2 saturated heterocycles. The molecule has 0 amide bonds. The quantitative estimate of drug-likeness (QED) is 0.329. The van der Waals surface area contributed by atoms with Gasteiger partial charge in [0, 0.05) is 38.6 Å². The van der Waals surface area contributed by atoms with E-state index in [0.29, 0.717) is 12.6 Å². The molecule has 2 aliphatic heterocycles. The number of nitrogens with one attached hydrogen (secondary N) is 1. The van der Waals surface area contributed by atoms with Crippen LogP contribution in [0.5, 0.6) is 0 Å². The highest BCUT2D eigenvalue weighted by Crippen LogP contribution is 2.18. The lowest BCUT2D eigenvalue weighted by Crippen LogP contribution is -2.47. The Balaban J connectivity index is 0.00000300. The first-order valence-corrected chi connectivity index (χ1v) is 10.6. The lowest BCUT2D eigenvalue weighted by molar-refractivity contribution is -0.0721. The number of halogens is 1. The molecular formula is C21H35IN4O3. The predicted molar refractivity (Wildman–Crippen MR) is 125 cm³/mol. The molecule has 2 unspecified atom stereocenters. The summed E-state index contributed by atoms with van der Waals surface area (Å²) in [5.41, 5.74) is 0.839. The summed E-state index contributed by atoms with van der Waals surface area (Å²) in [5.74, 6) is 0.865. The standard InChI is InChI=1S/C21H34N4O3.HI/c1-2-23-21(24-15-20(26)17-6-10-22-11-7-17)25-12-8-18(9-13-25)28-16-19-5-3-4-14-27-19;/h6-7,10-11,18-20,26H,2-5,8-9,12-16H2,1H3,(H,23,24);1H. The first kappa shape index (κ1) is 24.3. The van der Waals surface area contributed by atoms with Crippen LogP contribution in [0.15, 0.2) is 29.5 Å². The average Bonchev–Trinajstić information content (AvgIpc) is 2.77. The molecule has 0 saturated carbocycles. The van der Waals surface area contributed by atoms with Gasteiger partial charge in [-0.1, -0.05) is 0 Å². The Hall–Kier alpha value is -0.970. The Morgan fingerprint density at radius 1 is 1.31 bits per heavy atom. The molecule has 7 nitrogen and oxygen atoms in total. The average molecular weight is 518 g/mol. The molecule has 0 spiro atoms. The predicted octanol–water partition coefficient (Wildman–Crippen LogP) is 2.75. The van der Waals surface area contributed by atoms with Crippen molar-refractivity contribution < 1.29 is 14.6 Å². The molecule has 29 heavy (non-hydrogen) atoms. The Morgan fingerprint density at radius 2 is 2.07 bits per heavy atom. The van der Waals surface area contributed by atoms with Gasteiger partial charge in [0.05, 0.1) is 31.5 Å². The van der Waals surface area contributed by atoms with E-state index in [1.165, 1.54) is 12.8 Å². The lowest BCUT2D eigenvalue weighted by Gasteiger charge is -2.35. The number of aromatic nitrogens is 1. The maximum absolute atomic E-state index is 10.4. The second-order valence-electron chi connectivity index (χ2n) is 7.50. The van der Waals surface area contributed by atoms with E-state index in [-0.39, 0.29) is 30.1 Å². The molecule has 2 N–H and O–H groups in total. The van der Waals surface area contributed by atoms with Crippen LogP contribution in [0.2, 0.25) is 0 Å². The molecule has 0 aromatic carbocycles. The zero-order valence-electron chi connectivity index (χ0n) is 17.3. The number of hydrogen-bond donors (Lipinski definition) is 2. The molecule has 164 valence electrons. The molecule has 3 rings (SSSR count). The topological polar surface area (TPSA) is 79.2 Å². The third-order valence-corrected chi connectivity index (χ3v) is 5.37. The van der Waals surface area contributed by atoms with Crippen molar-refractivity contribution in [3.8, 4) is 0 Å². The van der Waals surface area contributed by atoms with Crippen LogP contribution in [-0.2, 0) is 9.47 Å². The number of piperidine rings is 1. The van der Waals surface area contributed by atoms with E-state index in [1.807, 2.05) is 12.1 Å². The number of aliphatic hydroxyl groups excluding tert-OH is 1. The fourth-order valence-electron chi connectivity index (χ4n) is 3.71. The number of aliphatic imine (C=N–C) groups is 1. The van der Waals surface area contributed by atoms with Gasteiger partial charge < -0.3 is 24.8 Å². The van der Waals surface area contributed by atoms with Crippen molar-refractivity contribution in [2.45, 2.75) is 57.3 Å². The highest BCUT2D eigenvalue weighted by Gasteiger charge is 2.24. The molecule has 0 aliphatic carbocycles. The third kappa shape index (κ3) is 7.99. The van der Waals surface area contributed by atoms with Crippen molar-refractivity contribution in [3.05, 3.63) is 30.1 Å². The number of rotatable bonds is 7. The zero-order valence-corrected chi connectivity index (χ0v) is 19.7. The number of pyridine rings is 1. The molecule has 8 heteroatoms. The summed E-state index contributed by atoms with van der Waals surface area (Å²) in [5, 5.41) is 13.7. The third-order valence-electron chi connectivity index (χ3n) is 5.37. The molecule has 2 fully saturated rings. The summed E-state index contributed by atoms with van der Waals surface area (Å²) in [7, 11) is 0. The van der Waals surface area contributed by atoms with E-state index >= 15 is 0 Å². The number of nitrogens with zero attached hydrogens (tertiary/aromatic N) is 3. The highest BCUT2D eigenvalue weighted by atomic mass is 127. The van der Waals surface area contributed by atoms with E-state index in [2.05, 4.69) is 27.1 Å². The van der Waals surface area contributed by atoms with Gasteiger partial charge in [-0.05, 0) is 56.7 Å². The molecule has 1 aromatic heterocycles. The Labute approximate surface area is 191 Å². The van der Waals surface area contributed by atoms with E-state index in [1.54, 1.807) is 12.4 Å². The highest BCUT2D eigenvalue weighted by molar-refractivity contribution is 14.0. The minimum absolute atomic E-state index is 0. The van der Waals surface area contributed by atoms with Crippen molar-refractivity contribution in [1.29, 1.82) is 0 Å². The zero-order chi connectivity index (χ0) is 19.6. The van der Waals surface area contributed by atoms with Crippen LogP contribution in [0.4, 0.5) is 0 Å². The van der Waals surface area contributed by atoms with Crippen LogP contribution >= 0.6 is 24.0 Å². The summed E-state index contributed by atoms with van der Waals surface area (Å²) in [6.07, 6.45) is 8.87. The van der Waals surface area contributed by atoms with Crippen molar-refractivity contribution in [3.63, 3.8) is 0 Å². The second kappa shape index (κ2) is 13.4. The fraction of sp³-hybridized carbons (Fsp3) is 0.714. The van der Waals surface area contributed by atoms with E-state index in [0.717, 1.165) is 63.6 Å². The first-order valence-electron chi connectivity index (χ1n) is 10.6. The Kier molecular flexibility index (Phi) is 11.2. The number of likely N-dealkylation sites (tertiary alicyclic amines) is 1. The number of guanidine groups is 1. The van der Waals surface area contributed by atoms with Gasteiger partial charge in [0.2, 0.25) is 0 Å². The SMILES string of the molecule is CCNC(=NCC(O)c1ccncc1)N1CCC(OCC2CCCCO2)CC1.I. The monoisotopic (exact) mass is 518 g/mol. The number of hydrogen-bond acceptors (Lipinski definition) is 5. The van der Waals surface area contributed by atoms with Crippen molar-refractivity contribution in [2.75, 3.05) is 39.4 Å². The molecule has 3 heterocycles.